The maximum atomic E-state index is 5.95. The topological polar surface area (TPSA) is 49.2 Å². The molecule has 3 aromatic rings. The molecule has 1 aromatic heterocycles. The number of fused-ring (bicyclic) bond motifs is 1. The third-order valence-electron chi connectivity index (χ3n) is 5.05. The maximum Gasteiger partial charge on any atom is 0.191 e. The molecule has 1 atom stereocenters. The lowest BCUT2D eigenvalue weighted by molar-refractivity contribution is 0.254. The molecule has 6 heteroatoms. The lowest BCUT2D eigenvalue weighted by atomic mass is 10.1. The van der Waals surface area contributed by atoms with E-state index in [0.29, 0.717) is 6.61 Å². The highest BCUT2D eigenvalue weighted by molar-refractivity contribution is 7.98. The van der Waals surface area contributed by atoms with E-state index in [9.17, 15) is 0 Å². The van der Waals surface area contributed by atoms with Crippen LogP contribution in [0.1, 0.15) is 43.3 Å². The van der Waals surface area contributed by atoms with E-state index in [0.717, 1.165) is 53.2 Å². The largest absolute Gasteiger partial charge is 0.494 e. The van der Waals surface area contributed by atoms with E-state index in [1.807, 2.05) is 13.0 Å². The average molecular weight is 410 g/mol. The summed E-state index contributed by atoms with van der Waals surface area (Å²) in [7, 11) is 0. The highest BCUT2D eigenvalue weighted by atomic mass is 32.2. The predicted octanol–water partition coefficient (Wildman–Crippen LogP) is 4.90. The number of nitrogens with zero attached hydrogens (tertiary/aromatic N) is 3. The molecule has 2 heterocycles. The van der Waals surface area contributed by atoms with E-state index >= 15 is 0 Å². The van der Waals surface area contributed by atoms with Crippen LogP contribution < -0.4 is 9.47 Å². The van der Waals surface area contributed by atoms with Crippen molar-refractivity contribution in [2.24, 2.45) is 0 Å². The molecule has 1 aliphatic rings. The second kappa shape index (κ2) is 8.91. The Morgan fingerprint density at radius 3 is 2.76 bits per heavy atom. The van der Waals surface area contributed by atoms with Crippen LogP contribution in [0.5, 0.6) is 11.5 Å². The summed E-state index contributed by atoms with van der Waals surface area (Å²) in [6.45, 7) is 7.76. The van der Waals surface area contributed by atoms with E-state index in [-0.39, 0.29) is 6.10 Å². The van der Waals surface area contributed by atoms with E-state index in [1.54, 1.807) is 11.8 Å². The van der Waals surface area contributed by atoms with Gasteiger partial charge in [-0.25, -0.2) is 0 Å². The smallest absolute Gasteiger partial charge is 0.191 e. The minimum atomic E-state index is 0.228. The quantitative estimate of drug-likeness (QED) is 0.495. The Kier molecular flexibility index (Phi) is 6.09. The first-order valence-corrected chi connectivity index (χ1v) is 11.2. The third-order valence-corrected chi connectivity index (χ3v) is 6.07. The molecule has 152 valence electrons. The molecule has 29 heavy (non-hydrogen) atoms. The van der Waals surface area contributed by atoms with Gasteiger partial charge in [0, 0.05) is 36.3 Å². The average Bonchev–Trinajstić information content (AvgIpc) is 3.28. The number of aromatic nitrogens is 3. The highest BCUT2D eigenvalue weighted by Crippen LogP contribution is 2.37. The molecule has 0 bridgehead atoms. The van der Waals surface area contributed by atoms with Crippen molar-refractivity contribution in [3.8, 4) is 11.5 Å². The van der Waals surface area contributed by atoms with E-state index in [1.165, 1.54) is 11.1 Å². The second-order valence-corrected chi connectivity index (χ2v) is 8.17. The van der Waals surface area contributed by atoms with Crippen LogP contribution in [-0.4, -0.2) is 27.5 Å². The number of hydrogen-bond donors (Lipinski definition) is 0. The molecule has 0 radical (unpaired) electrons. The van der Waals surface area contributed by atoms with Crippen molar-refractivity contribution in [3.05, 3.63) is 65.0 Å². The third kappa shape index (κ3) is 4.42. The molecule has 0 saturated heterocycles. The van der Waals surface area contributed by atoms with E-state index in [4.69, 9.17) is 9.47 Å². The zero-order valence-electron chi connectivity index (χ0n) is 17.2. The first kappa shape index (κ1) is 19.8. The van der Waals surface area contributed by atoms with Gasteiger partial charge in [0.2, 0.25) is 0 Å². The van der Waals surface area contributed by atoms with Gasteiger partial charge in [0.25, 0.3) is 0 Å². The van der Waals surface area contributed by atoms with Gasteiger partial charge >= 0.3 is 0 Å². The molecule has 0 aliphatic carbocycles. The summed E-state index contributed by atoms with van der Waals surface area (Å²) in [5, 5.41) is 9.86. The van der Waals surface area contributed by atoms with Crippen LogP contribution in [0.3, 0.4) is 0 Å². The number of hydrogen-bond acceptors (Lipinski definition) is 5. The molecular weight excluding hydrogens is 382 g/mol. The molecule has 0 fully saturated rings. The molecule has 0 N–H and O–H groups in total. The summed E-state index contributed by atoms with van der Waals surface area (Å²) in [5.41, 5.74) is 3.62. The number of ether oxygens (including phenoxy) is 2. The standard InChI is InChI=1S/C23H27N3O2S/c1-4-26-22(12-17-9-7-6-8-10-17)24-25-23(26)29-15-19-14-21-18(11-16(3)28-21)13-20(19)27-5-2/h6-10,13-14,16H,4-5,11-12,15H2,1-3H3. The van der Waals surface area contributed by atoms with Crippen LogP contribution in [0.15, 0.2) is 47.6 Å². The van der Waals surface area contributed by atoms with Crippen LogP contribution >= 0.6 is 11.8 Å². The van der Waals surface area contributed by atoms with Crippen molar-refractivity contribution in [2.75, 3.05) is 6.61 Å². The van der Waals surface area contributed by atoms with Crippen LogP contribution in [0.4, 0.5) is 0 Å². The van der Waals surface area contributed by atoms with Crippen LogP contribution in [0.2, 0.25) is 0 Å². The number of thioether (sulfide) groups is 1. The Morgan fingerprint density at radius 2 is 2.00 bits per heavy atom. The molecule has 1 unspecified atom stereocenters. The van der Waals surface area contributed by atoms with Crippen LogP contribution in [0, 0.1) is 0 Å². The van der Waals surface area contributed by atoms with Crippen molar-refractivity contribution in [2.45, 2.75) is 57.2 Å². The summed E-state index contributed by atoms with van der Waals surface area (Å²) in [4.78, 5) is 0. The summed E-state index contributed by atoms with van der Waals surface area (Å²) < 4.78 is 14.1. The first-order chi connectivity index (χ1) is 14.2. The van der Waals surface area contributed by atoms with Gasteiger partial charge in [-0.1, -0.05) is 42.1 Å². The Balaban J connectivity index is 1.53. The van der Waals surface area contributed by atoms with E-state index in [2.05, 4.69) is 65.0 Å². The highest BCUT2D eigenvalue weighted by Gasteiger charge is 2.22. The van der Waals surface area contributed by atoms with Crippen molar-refractivity contribution in [3.63, 3.8) is 0 Å². The summed E-state index contributed by atoms with van der Waals surface area (Å²) in [6.07, 6.45) is 1.96. The van der Waals surface area contributed by atoms with Gasteiger partial charge in [-0.05, 0) is 38.5 Å². The molecule has 1 aliphatic heterocycles. The van der Waals surface area contributed by atoms with Crippen molar-refractivity contribution >= 4 is 11.8 Å². The Bertz CT molecular complexity index is 972. The van der Waals surface area contributed by atoms with Crippen LogP contribution in [0.25, 0.3) is 0 Å². The molecule has 0 amide bonds. The summed E-state index contributed by atoms with van der Waals surface area (Å²) >= 11 is 1.70. The number of benzene rings is 2. The van der Waals surface area contributed by atoms with Crippen molar-refractivity contribution in [1.29, 1.82) is 0 Å². The lowest BCUT2D eigenvalue weighted by Crippen LogP contribution is -2.05. The first-order valence-electron chi connectivity index (χ1n) is 10.2. The van der Waals surface area contributed by atoms with Crippen LogP contribution in [-0.2, 0) is 25.1 Å². The molecular formula is C23H27N3O2S. The van der Waals surface area contributed by atoms with Gasteiger partial charge in [0.1, 0.15) is 23.4 Å². The molecule has 0 saturated carbocycles. The van der Waals surface area contributed by atoms with Gasteiger partial charge in [-0.3, -0.25) is 0 Å². The van der Waals surface area contributed by atoms with Crippen molar-refractivity contribution < 1.29 is 9.47 Å². The minimum Gasteiger partial charge on any atom is -0.494 e. The lowest BCUT2D eigenvalue weighted by Gasteiger charge is -2.13. The SMILES string of the molecule is CCOc1cc2c(cc1CSc1nnc(Cc3ccccc3)n1CC)OC(C)C2. The molecule has 2 aromatic carbocycles. The fourth-order valence-electron chi connectivity index (χ4n) is 3.68. The Labute approximate surface area is 176 Å². The fourth-order valence-corrected chi connectivity index (χ4v) is 4.68. The Hall–Kier alpha value is -2.47. The minimum absolute atomic E-state index is 0.228. The predicted molar refractivity (Wildman–Crippen MR) is 116 cm³/mol. The summed E-state index contributed by atoms with van der Waals surface area (Å²) in [6, 6.07) is 14.7. The fraction of sp³-hybridized carbons (Fsp3) is 0.391. The van der Waals surface area contributed by atoms with Gasteiger partial charge < -0.3 is 14.0 Å². The Morgan fingerprint density at radius 1 is 1.17 bits per heavy atom. The zero-order chi connectivity index (χ0) is 20.2. The van der Waals surface area contributed by atoms with Gasteiger partial charge in [-0.2, -0.15) is 0 Å². The zero-order valence-corrected chi connectivity index (χ0v) is 18.0. The second-order valence-electron chi connectivity index (χ2n) is 7.23. The monoisotopic (exact) mass is 409 g/mol. The van der Waals surface area contributed by atoms with Gasteiger partial charge in [0.15, 0.2) is 5.16 Å². The normalized spacial score (nSPS) is 15.2. The molecule has 5 nitrogen and oxygen atoms in total. The van der Waals surface area contributed by atoms with E-state index < -0.39 is 0 Å². The van der Waals surface area contributed by atoms with Gasteiger partial charge in [0.05, 0.1) is 6.61 Å². The summed E-state index contributed by atoms with van der Waals surface area (Å²) in [5.74, 6) is 3.70. The van der Waals surface area contributed by atoms with Crippen molar-refractivity contribution in [1.82, 2.24) is 14.8 Å². The molecule has 4 rings (SSSR count). The maximum absolute atomic E-state index is 5.95. The number of rotatable bonds is 8. The van der Waals surface area contributed by atoms with Gasteiger partial charge in [-0.15, -0.1) is 10.2 Å². The molecule has 0 spiro atoms.